The molecule has 0 atom stereocenters. The Balaban J connectivity index is 3.93. The van der Waals surface area contributed by atoms with Crippen molar-refractivity contribution >= 4 is 32.5 Å². The van der Waals surface area contributed by atoms with Crippen molar-refractivity contribution in [3.05, 3.63) is 0 Å². The van der Waals surface area contributed by atoms with E-state index in [-0.39, 0.29) is 6.47 Å². The maximum atomic E-state index is 10.0. The number of hydrogen-bond acceptors (Lipinski definition) is 5. The smallest absolute Gasteiger partial charge is 0.378 e. The van der Waals surface area contributed by atoms with E-state index in [4.69, 9.17) is 0 Å². The Morgan fingerprint density at radius 1 is 1.60 bits per heavy atom. The second-order valence-corrected chi connectivity index (χ2v) is 3.34. The lowest BCUT2D eigenvalue weighted by Crippen LogP contribution is -2.26. The van der Waals surface area contributed by atoms with Gasteiger partial charge in [-0.3, -0.25) is 4.79 Å². The Bertz CT molecular complexity index is 232. The summed E-state index contributed by atoms with van der Waals surface area (Å²) in [5, 5.41) is 0. The SMILES string of the molecule is O=COC(=O)NS(=O)(=O)Cl. The van der Waals surface area contributed by atoms with Crippen molar-refractivity contribution in [1.82, 2.24) is 4.72 Å². The molecule has 0 aliphatic rings. The molecule has 0 aliphatic carbocycles. The Kier molecular flexibility index (Phi) is 3.10. The number of halogens is 1. The van der Waals surface area contributed by atoms with E-state index in [1.807, 2.05) is 0 Å². The number of rotatable bonds is 2. The average Bonchev–Trinajstić information content (AvgIpc) is 1.59. The van der Waals surface area contributed by atoms with Crippen LogP contribution in [-0.4, -0.2) is 21.0 Å². The second-order valence-electron chi connectivity index (χ2n) is 1.04. The third-order valence-corrected chi connectivity index (χ3v) is 1.00. The van der Waals surface area contributed by atoms with Crippen LogP contribution >= 0.6 is 10.7 Å². The molecule has 1 amide bonds. The van der Waals surface area contributed by atoms with Gasteiger partial charge in [0.25, 0.3) is 0 Å². The summed E-state index contributed by atoms with van der Waals surface area (Å²) in [5.41, 5.74) is 0. The zero-order valence-electron chi connectivity index (χ0n) is 4.40. The maximum Gasteiger partial charge on any atom is 0.429 e. The van der Waals surface area contributed by atoms with Crippen LogP contribution in [0.4, 0.5) is 4.79 Å². The fourth-order valence-corrected chi connectivity index (χ4v) is 0.603. The van der Waals surface area contributed by atoms with E-state index in [1.54, 1.807) is 0 Å². The van der Waals surface area contributed by atoms with E-state index in [1.165, 1.54) is 4.72 Å². The number of hydrogen-bond donors (Lipinski definition) is 1. The lowest BCUT2D eigenvalue weighted by molar-refractivity contribution is -0.123. The minimum Gasteiger partial charge on any atom is -0.378 e. The number of nitrogens with one attached hydrogen (secondary N) is 1. The number of ether oxygens (including phenoxy) is 1. The summed E-state index contributed by atoms with van der Waals surface area (Å²) in [5.74, 6) is 0. The van der Waals surface area contributed by atoms with Crippen molar-refractivity contribution in [1.29, 1.82) is 0 Å². The van der Waals surface area contributed by atoms with Gasteiger partial charge in [-0.1, -0.05) is 0 Å². The van der Waals surface area contributed by atoms with Gasteiger partial charge in [-0.15, -0.1) is 0 Å². The largest absolute Gasteiger partial charge is 0.429 e. The van der Waals surface area contributed by atoms with Crippen molar-refractivity contribution in [3.63, 3.8) is 0 Å². The highest BCUT2D eigenvalue weighted by atomic mass is 35.7. The van der Waals surface area contributed by atoms with Crippen molar-refractivity contribution < 1.29 is 22.7 Å². The van der Waals surface area contributed by atoms with Crippen LogP contribution in [0.15, 0.2) is 0 Å². The van der Waals surface area contributed by atoms with E-state index in [0.29, 0.717) is 0 Å². The highest BCUT2D eigenvalue weighted by Crippen LogP contribution is 1.89. The van der Waals surface area contributed by atoms with Gasteiger partial charge in [-0.25, -0.2) is 9.52 Å². The summed E-state index contributed by atoms with van der Waals surface area (Å²) in [6.07, 6.45) is -1.44. The Labute approximate surface area is 60.7 Å². The monoisotopic (exact) mass is 187 g/mol. The quantitative estimate of drug-likeness (QED) is 0.353. The van der Waals surface area contributed by atoms with Crippen molar-refractivity contribution in [2.75, 3.05) is 0 Å². The molecule has 0 radical (unpaired) electrons. The minimum absolute atomic E-state index is 0.225. The third kappa shape index (κ3) is 5.32. The highest BCUT2D eigenvalue weighted by molar-refractivity contribution is 8.12. The highest BCUT2D eigenvalue weighted by Gasteiger charge is 2.10. The molecule has 0 aliphatic heterocycles. The molecule has 0 aromatic rings. The molecular weight excluding hydrogens is 186 g/mol. The van der Waals surface area contributed by atoms with Gasteiger partial charge in [0.1, 0.15) is 0 Å². The Morgan fingerprint density at radius 2 is 2.10 bits per heavy atom. The molecule has 0 rings (SSSR count). The number of carbonyl (C=O) groups is 2. The van der Waals surface area contributed by atoms with Gasteiger partial charge in [-0.2, -0.15) is 8.42 Å². The zero-order valence-corrected chi connectivity index (χ0v) is 5.98. The first-order valence-corrected chi connectivity index (χ1v) is 4.13. The molecule has 0 bridgehead atoms. The molecule has 0 aromatic heterocycles. The number of amides is 1. The van der Waals surface area contributed by atoms with Crippen LogP contribution in [0.1, 0.15) is 0 Å². The average molecular weight is 188 g/mol. The molecule has 0 aromatic carbocycles. The first-order valence-electron chi connectivity index (χ1n) is 1.82. The molecule has 8 heteroatoms. The van der Waals surface area contributed by atoms with Crippen LogP contribution in [-0.2, 0) is 18.8 Å². The molecule has 10 heavy (non-hydrogen) atoms. The predicted octanol–water partition coefficient (Wildman–Crippen LogP) is -0.647. The van der Waals surface area contributed by atoms with Crippen LogP contribution in [0.25, 0.3) is 0 Å². The lowest BCUT2D eigenvalue weighted by atomic mass is 11.2. The molecule has 0 unspecified atom stereocenters. The van der Waals surface area contributed by atoms with Gasteiger partial charge in [0, 0.05) is 10.7 Å². The first-order chi connectivity index (χ1) is 4.45. The topological polar surface area (TPSA) is 89.5 Å². The fourth-order valence-electron chi connectivity index (χ4n) is 0.167. The van der Waals surface area contributed by atoms with Crippen LogP contribution in [0, 0.1) is 0 Å². The van der Waals surface area contributed by atoms with Gasteiger partial charge >= 0.3 is 21.8 Å². The van der Waals surface area contributed by atoms with Crippen LogP contribution in [0.3, 0.4) is 0 Å². The van der Waals surface area contributed by atoms with Gasteiger partial charge in [0.15, 0.2) is 0 Å². The van der Waals surface area contributed by atoms with Crippen molar-refractivity contribution in [2.24, 2.45) is 0 Å². The van der Waals surface area contributed by atoms with E-state index in [0.717, 1.165) is 0 Å². The lowest BCUT2D eigenvalue weighted by Gasteiger charge is -1.94. The summed E-state index contributed by atoms with van der Waals surface area (Å²) in [6.45, 7) is -0.225. The normalized spacial score (nSPS) is 10.1. The predicted molar refractivity (Wildman–Crippen MR) is 30.5 cm³/mol. The standard InChI is InChI=1S/C2H2ClNO5S/c3-10(7,8)4-2(6)9-1-5/h1H,(H,4,6). The van der Waals surface area contributed by atoms with E-state index in [2.05, 4.69) is 15.4 Å². The van der Waals surface area contributed by atoms with Gasteiger partial charge < -0.3 is 4.74 Å². The molecule has 0 saturated carbocycles. The van der Waals surface area contributed by atoms with Gasteiger partial charge in [0.2, 0.25) is 0 Å². The second kappa shape index (κ2) is 3.37. The van der Waals surface area contributed by atoms with Crippen LogP contribution < -0.4 is 4.72 Å². The van der Waals surface area contributed by atoms with E-state index < -0.39 is 15.3 Å². The van der Waals surface area contributed by atoms with Crippen LogP contribution in [0.2, 0.25) is 0 Å². The summed E-state index contributed by atoms with van der Waals surface area (Å²) in [4.78, 5) is 19.4. The molecule has 1 N–H and O–H groups in total. The molecule has 0 fully saturated rings. The molecule has 6 nitrogen and oxygen atoms in total. The van der Waals surface area contributed by atoms with E-state index >= 15 is 0 Å². The van der Waals surface area contributed by atoms with Crippen molar-refractivity contribution in [2.45, 2.75) is 0 Å². The molecule has 58 valence electrons. The fraction of sp³-hybridized carbons (Fsp3) is 0. The number of carbonyl (C=O) groups excluding carboxylic acids is 2. The minimum atomic E-state index is -4.16. The molecule has 0 spiro atoms. The molecule has 0 saturated heterocycles. The summed E-state index contributed by atoms with van der Waals surface area (Å²) < 4.78 is 24.6. The zero-order chi connectivity index (χ0) is 8.20. The van der Waals surface area contributed by atoms with Crippen LogP contribution in [0.5, 0.6) is 0 Å². The Morgan fingerprint density at radius 3 is 2.40 bits per heavy atom. The maximum absolute atomic E-state index is 10.0. The first kappa shape index (κ1) is 9.18. The van der Waals surface area contributed by atoms with Crippen molar-refractivity contribution in [3.8, 4) is 0 Å². The summed E-state index contributed by atoms with van der Waals surface area (Å²) >= 11 is 0. The molecule has 0 heterocycles. The Hall–Kier alpha value is -0.820. The van der Waals surface area contributed by atoms with Gasteiger partial charge in [0.05, 0.1) is 0 Å². The third-order valence-electron chi connectivity index (χ3n) is 0.360. The molecular formula is C2H2ClNO5S. The van der Waals surface area contributed by atoms with E-state index in [9.17, 15) is 18.0 Å². The summed E-state index contributed by atoms with van der Waals surface area (Å²) in [7, 11) is 0.351. The summed E-state index contributed by atoms with van der Waals surface area (Å²) in [6, 6.07) is 0. The van der Waals surface area contributed by atoms with Gasteiger partial charge in [-0.05, 0) is 0 Å².